The predicted octanol–water partition coefficient (Wildman–Crippen LogP) is 3.28. The summed E-state index contributed by atoms with van der Waals surface area (Å²) in [6.45, 7) is 5.73. The van der Waals surface area contributed by atoms with Crippen molar-refractivity contribution in [3.8, 4) is 0 Å². The van der Waals surface area contributed by atoms with E-state index >= 15 is 0 Å². The average Bonchev–Trinajstić information content (AvgIpc) is 2.38. The van der Waals surface area contributed by atoms with Gasteiger partial charge >= 0.3 is 0 Å². The number of hydrogen-bond acceptors (Lipinski definition) is 2. The van der Waals surface area contributed by atoms with Gasteiger partial charge in [-0.1, -0.05) is 18.2 Å². The molecule has 1 heterocycles. The van der Waals surface area contributed by atoms with E-state index in [1.54, 1.807) is 19.2 Å². The Morgan fingerprint density at radius 3 is 2.67 bits per heavy atom. The highest BCUT2D eigenvalue weighted by molar-refractivity contribution is 6.35. The number of hydrogen-bond donors (Lipinski definition) is 1. The van der Waals surface area contributed by atoms with Gasteiger partial charge in [-0.05, 0) is 36.8 Å². The highest BCUT2D eigenvalue weighted by atomic mass is 35.5. The summed E-state index contributed by atoms with van der Waals surface area (Å²) < 4.78 is 0. The quantitative estimate of drug-likeness (QED) is 0.900. The Kier molecular flexibility index (Phi) is 3.34. The number of carbonyl (C=O) groups excluding carboxylic acids is 1. The molecule has 0 spiro atoms. The molecule has 1 aromatic carbocycles. The van der Waals surface area contributed by atoms with Gasteiger partial charge in [-0.25, -0.2) is 4.98 Å². The molecule has 1 N–H and O–H groups in total. The maximum atomic E-state index is 11.8. The van der Waals surface area contributed by atoms with Crippen molar-refractivity contribution >= 4 is 34.0 Å². The van der Waals surface area contributed by atoms with Crippen LogP contribution in [0.15, 0.2) is 30.8 Å². The monoisotopic (exact) mass is 260 g/mol. The molecule has 0 radical (unpaired) electrons. The molecule has 0 fully saturated rings. The molecule has 92 valence electrons. The Morgan fingerprint density at radius 2 is 2.06 bits per heavy atom. The van der Waals surface area contributed by atoms with Gasteiger partial charge in [0.05, 0.1) is 16.2 Å². The zero-order valence-corrected chi connectivity index (χ0v) is 11.0. The van der Waals surface area contributed by atoms with Crippen LogP contribution in [-0.4, -0.2) is 17.9 Å². The van der Waals surface area contributed by atoms with Crippen LogP contribution in [0.25, 0.3) is 16.5 Å². The number of halogens is 1. The molecule has 0 bridgehead atoms. The summed E-state index contributed by atoms with van der Waals surface area (Å²) in [6.07, 6.45) is 0. The van der Waals surface area contributed by atoms with E-state index in [1.165, 1.54) is 0 Å². The van der Waals surface area contributed by atoms with Gasteiger partial charge in [0.2, 0.25) is 0 Å². The van der Waals surface area contributed by atoms with Crippen molar-refractivity contribution < 1.29 is 4.79 Å². The first kappa shape index (κ1) is 12.6. The van der Waals surface area contributed by atoms with E-state index in [4.69, 9.17) is 11.6 Å². The second-order valence-corrected chi connectivity index (χ2v) is 4.45. The third kappa shape index (κ3) is 2.09. The van der Waals surface area contributed by atoms with Gasteiger partial charge in [-0.3, -0.25) is 4.79 Å². The zero-order chi connectivity index (χ0) is 13.3. The summed E-state index contributed by atoms with van der Waals surface area (Å²) >= 11 is 6.13. The zero-order valence-electron chi connectivity index (χ0n) is 10.2. The molecule has 0 unspecified atom stereocenters. The van der Waals surface area contributed by atoms with Crippen LogP contribution >= 0.6 is 11.6 Å². The maximum Gasteiger partial charge on any atom is 0.251 e. The fraction of sp³-hybridized carbons (Fsp3) is 0.143. The van der Waals surface area contributed by atoms with Crippen LogP contribution in [0, 0.1) is 0 Å². The van der Waals surface area contributed by atoms with Gasteiger partial charge in [0, 0.05) is 18.0 Å². The number of carbonyl (C=O) groups is 1. The largest absolute Gasteiger partial charge is 0.355 e. The minimum atomic E-state index is -0.151. The molecular weight excluding hydrogens is 248 g/mol. The lowest BCUT2D eigenvalue weighted by molar-refractivity contribution is 0.0964. The highest BCUT2D eigenvalue weighted by Gasteiger charge is 2.12. The SMILES string of the molecule is C=C(C)c1ccc2c(C(=O)NC)ccc(Cl)c2n1. The number of aromatic nitrogens is 1. The summed E-state index contributed by atoms with van der Waals surface area (Å²) in [5.74, 6) is -0.151. The summed E-state index contributed by atoms with van der Waals surface area (Å²) in [5.41, 5.74) is 2.83. The number of amides is 1. The number of nitrogens with zero attached hydrogens (tertiary/aromatic N) is 1. The molecule has 0 atom stereocenters. The minimum absolute atomic E-state index is 0.151. The molecule has 0 aliphatic carbocycles. The molecule has 18 heavy (non-hydrogen) atoms. The van der Waals surface area contributed by atoms with Gasteiger partial charge in [0.25, 0.3) is 5.91 Å². The van der Waals surface area contributed by atoms with E-state index in [0.717, 1.165) is 16.7 Å². The van der Waals surface area contributed by atoms with Crippen molar-refractivity contribution in [3.63, 3.8) is 0 Å². The van der Waals surface area contributed by atoms with Crippen LogP contribution in [0.3, 0.4) is 0 Å². The third-order valence-electron chi connectivity index (χ3n) is 2.72. The van der Waals surface area contributed by atoms with Gasteiger partial charge in [-0.15, -0.1) is 0 Å². The van der Waals surface area contributed by atoms with Gasteiger partial charge in [0.1, 0.15) is 0 Å². The lowest BCUT2D eigenvalue weighted by Gasteiger charge is -2.08. The minimum Gasteiger partial charge on any atom is -0.355 e. The second-order valence-electron chi connectivity index (χ2n) is 4.05. The first-order chi connectivity index (χ1) is 8.54. The van der Waals surface area contributed by atoms with Crippen molar-refractivity contribution in [2.75, 3.05) is 7.05 Å². The lowest BCUT2D eigenvalue weighted by Crippen LogP contribution is -2.18. The molecule has 3 nitrogen and oxygen atoms in total. The summed E-state index contributed by atoms with van der Waals surface area (Å²) in [5, 5.41) is 3.87. The van der Waals surface area contributed by atoms with Crippen molar-refractivity contribution in [2.45, 2.75) is 6.92 Å². The predicted molar refractivity (Wildman–Crippen MR) is 74.9 cm³/mol. The summed E-state index contributed by atoms with van der Waals surface area (Å²) in [6, 6.07) is 7.07. The molecule has 1 aromatic heterocycles. The van der Waals surface area contributed by atoms with Gasteiger partial charge in [-0.2, -0.15) is 0 Å². The number of nitrogens with one attached hydrogen (secondary N) is 1. The van der Waals surface area contributed by atoms with E-state index < -0.39 is 0 Å². The molecule has 2 aromatic rings. The number of fused-ring (bicyclic) bond motifs is 1. The molecule has 2 rings (SSSR count). The van der Waals surface area contributed by atoms with Crippen LogP contribution in [0.2, 0.25) is 5.02 Å². The normalized spacial score (nSPS) is 10.4. The van der Waals surface area contributed by atoms with E-state index in [2.05, 4.69) is 16.9 Å². The number of allylic oxidation sites excluding steroid dienone is 1. The Hall–Kier alpha value is -1.87. The molecule has 1 amide bonds. The van der Waals surface area contributed by atoms with Gasteiger partial charge < -0.3 is 5.32 Å². The fourth-order valence-corrected chi connectivity index (χ4v) is 1.96. The van der Waals surface area contributed by atoms with Crippen molar-refractivity contribution in [3.05, 3.63) is 47.1 Å². The molecule has 0 aliphatic heterocycles. The molecule has 4 heteroatoms. The summed E-state index contributed by atoms with van der Waals surface area (Å²) in [7, 11) is 1.60. The Balaban J connectivity index is 2.76. The van der Waals surface area contributed by atoms with Crippen LogP contribution in [-0.2, 0) is 0 Å². The molecule has 0 saturated carbocycles. The second kappa shape index (κ2) is 4.78. The van der Waals surface area contributed by atoms with Crippen LogP contribution in [0.4, 0.5) is 0 Å². The Bertz CT molecular complexity index is 650. The number of rotatable bonds is 2. The smallest absolute Gasteiger partial charge is 0.251 e. The van der Waals surface area contributed by atoms with Gasteiger partial charge in [0.15, 0.2) is 0 Å². The first-order valence-electron chi connectivity index (χ1n) is 5.52. The summed E-state index contributed by atoms with van der Waals surface area (Å²) in [4.78, 5) is 16.2. The van der Waals surface area contributed by atoms with E-state index in [0.29, 0.717) is 16.1 Å². The van der Waals surface area contributed by atoms with Crippen LogP contribution < -0.4 is 5.32 Å². The highest BCUT2D eigenvalue weighted by Crippen LogP contribution is 2.26. The maximum absolute atomic E-state index is 11.8. The first-order valence-corrected chi connectivity index (χ1v) is 5.89. The van der Waals surface area contributed by atoms with Crippen LogP contribution in [0.1, 0.15) is 23.0 Å². The van der Waals surface area contributed by atoms with Crippen LogP contribution in [0.5, 0.6) is 0 Å². The number of pyridine rings is 1. The number of benzene rings is 1. The van der Waals surface area contributed by atoms with E-state index in [9.17, 15) is 4.79 Å². The molecule has 0 saturated heterocycles. The third-order valence-corrected chi connectivity index (χ3v) is 3.02. The Labute approximate surface area is 110 Å². The Morgan fingerprint density at radius 1 is 1.33 bits per heavy atom. The topological polar surface area (TPSA) is 42.0 Å². The van der Waals surface area contributed by atoms with Crippen molar-refractivity contribution in [1.82, 2.24) is 10.3 Å². The standard InChI is InChI=1S/C14H13ClN2O/c1-8(2)12-7-5-9-10(14(18)16-3)4-6-11(15)13(9)17-12/h4-7H,1H2,2-3H3,(H,16,18). The van der Waals surface area contributed by atoms with E-state index in [1.807, 2.05) is 19.1 Å². The van der Waals surface area contributed by atoms with Crippen molar-refractivity contribution in [1.29, 1.82) is 0 Å². The molecular formula is C14H13ClN2O. The van der Waals surface area contributed by atoms with E-state index in [-0.39, 0.29) is 5.91 Å². The molecule has 0 aliphatic rings. The lowest BCUT2D eigenvalue weighted by atomic mass is 10.1. The average molecular weight is 261 g/mol. The van der Waals surface area contributed by atoms with Crippen molar-refractivity contribution in [2.24, 2.45) is 0 Å². The fourth-order valence-electron chi connectivity index (χ4n) is 1.75.